The molecule has 1 N–H and O–H groups in total. The number of hydrogen-bond acceptors (Lipinski definition) is 4. The summed E-state index contributed by atoms with van der Waals surface area (Å²) in [5.41, 5.74) is 1.29. The first-order chi connectivity index (χ1) is 9.29. The third-order valence-corrected chi connectivity index (χ3v) is 3.20. The fraction of sp³-hybridized carbons (Fsp3) is 0.500. The van der Waals surface area contributed by atoms with Gasteiger partial charge in [-0.1, -0.05) is 30.3 Å². The van der Waals surface area contributed by atoms with Crippen LogP contribution >= 0.6 is 0 Å². The molecule has 0 aromatic heterocycles. The molecule has 1 fully saturated rings. The number of ether oxygens (including phenoxy) is 1. The first kappa shape index (κ1) is 13.8. The average Bonchev–Trinajstić information content (AvgIpc) is 2.46. The zero-order valence-electron chi connectivity index (χ0n) is 11.0. The van der Waals surface area contributed by atoms with Gasteiger partial charge in [-0.15, -0.1) is 0 Å². The van der Waals surface area contributed by atoms with E-state index in [9.17, 15) is 4.79 Å². The molecule has 2 rings (SSSR count). The number of hydrogen-bond donors (Lipinski definition) is 1. The number of benzene rings is 1. The molecule has 0 atom stereocenters. The third-order valence-electron chi connectivity index (χ3n) is 3.20. The first-order valence-corrected chi connectivity index (χ1v) is 6.58. The highest BCUT2D eigenvalue weighted by atomic mass is 16.6. The molecule has 0 bridgehead atoms. The van der Waals surface area contributed by atoms with E-state index in [1.807, 2.05) is 18.2 Å². The molecule has 104 valence electrons. The Labute approximate surface area is 113 Å². The SMILES string of the molecule is O=C(OCCO)N1CCN(Cc2ccccc2)CC1. The van der Waals surface area contributed by atoms with Crippen molar-refractivity contribution in [1.29, 1.82) is 0 Å². The number of aliphatic hydroxyl groups is 1. The van der Waals surface area contributed by atoms with Gasteiger partial charge in [-0.05, 0) is 5.56 Å². The summed E-state index contributed by atoms with van der Waals surface area (Å²) >= 11 is 0. The molecule has 1 heterocycles. The molecule has 5 nitrogen and oxygen atoms in total. The Bertz CT molecular complexity index is 389. The lowest BCUT2D eigenvalue weighted by Gasteiger charge is -2.34. The molecule has 5 heteroatoms. The second-order valence-electron chi connectivity index (χ2n) is 4.59. The van der Waals surface area contributed by atoms with E-state index in [2.05, 4.69) is 17.0 Å². The average molecular weight is 264 g/mol. The van der Waals surface area contributed by atoms with Crippen molar-refractivity contribution in [1.82, 2.24) is 9.80 Å². The molecule has 1 aliphatic heterocycles. The van der Waals surface area contributed by atoms with E-state index < -0.39 is 0 Å². The van der Waals surface area contributed by atoms with Gasteiger partial charge in [-0.2, -0.15) is 0 Å². The van der Waals surface area contributed by atoms with E-state index in [0.717, 1.165) is 19.6 Å². The predicted octanol–water partition coefficient (Wildman–Crippen LogP) is 0.933. The summed E-state index contributed by atoms with van der Waals surface area (Å²) in [5, 5.41) is 8.62. The van der Waals surface area contributed by atoms with Gasteiger partial charge in [0.1, 0.15) is 6.61 Å². The van der Waals surface area contributed by atoms with E-state index in [1.54, 1.807) is 4.90 Å². The van der Waals surface area contributed by atoms with Crippen LogP contribution in [0.2, 0.25) is 0 Å². The van der Waals surface area contributed by atoms with E-state index in [0.29, 0.717) is 13.1 Å². The summed E-state index contributed by atoms with van der Waals surface area (Å²) in [6, 6.07) is 10.3. The Morgan fingerprint density at radius 3 is 2.47 bits per heavy atom. The number of carbonyl (C=O) groups excluding carboxylic acids is 1. The molecule has 0 unspecified atom stereocenters. The van der Waals surface area contributed by atoms with Crippen molar-refractivity contribution in [2.45, 2.75) is 6.54 Å². The summed E-state index contributed by atoms with van der Waals surface area (Å²) in [4.78, 5) is 15.6. The molecular weight excluding hydrogens is 244 g/mol. The standard InChI is InChI=1S/C14H20N2O3/c17-10-11-19-14(18)16-8-6-15(7-9-16)12-13-4-2-1-3-5-13/h1-5,17H,6-12H2. The molecule has 1 saturated heterocycles. The van der Waals surface area contributed by atoms with E-state index in [4.69, 9.17) is 9.84 Å². The van der Waals surface area contributed by atoms with Crippen LogP contribution in [0.4, 0.5) is 4.79 Å². The Morgan fingerprint density at radius 2 is 1.84 bits per heavy atom. The zero-order chi connectivity index (χ0) is 13.5. The van der Waals surface area contributed by atoms with Crippen LogP contribution in [0.25, 0.3) is 0 Å². The summed E-state index contributed by atoms with van der Waals surface area (Å²) in [6.07, 6.45) is -0.326. The minimum Gasteiger partial charge on any atom is -0.447 e. The molecule has 0 aliphatic carbocycles. The lowest BCUT2D eigenvalue weighted by atomic mass is 10.2. The van der Waals surface area contributed by atoms with Crippen LogP contribution in [0.3, 0.4) is 0 Å². The molecule has 0 saturated carbocycles. The molecule has 1 aromatic carbocycles. The summed E-state index contributed by atoms with van der Waals surface area (Å²) < 4.78 is 4.90. The van der Waals surface area contributed by atoms with Gasteiger partial charge in [-0.25, -0.2) is 4.79 Å². The van der Waals surface area contributed by atoms with E-state index >= 15 is 0 Å². The van der Waals surface area contributed by atoms with Gasteiger partial charge >= 0.3 is 6.09 Å². The van der Waals surface area contributed by atoms with Gasteiger partial charge in [0.05, 0.1) is 6.61 Å². The number of aliphatic hydroxyl groups excluding tert-OH is 1. The Kier molecular flexibility index (Phi) is 5.18. The minimum absolute atomic E-state index is 0.0725. The van der Waals surface area contributed by atoms with Gasteiger partial charge < -0.3 is 14.7 Å². The van der Waals surface area contributed by atoms with Crippen molar-refractivity contribution in [3.8, 4) is 0 Å². The van der Waals surface area contributed by atoms with Gasteiger partial charge in [0, 0.05) is 32.7 Å². The molecule has 1 aromatic rings. The fourth-order valence-corrected chi connectivity index (χ4v) is 2.15. The van der Waals surface area contributed by atoms with E-state index in [-0.39, 0.29) is 19.3 Å². The maximum absolute atomic E-state index is 11.6. The highest BCUT2D eigenvalue weighted by Gasteiger charge is 2.21. The first-order valence-electron chi connectivity index (χ1n) is 6.58. The zero-order valence-corrected chi connectivity index (χ0v) is 11.0. The van der Waals surface area contributed by atoms with Crippen LogP contribution in [0, 0.1) is 0 Å². The molecule has 0 radical (unpaired) electrons. The third kappa shape index (κ3) is 4.22. The summed E-state index contributed by atoms with van der Waals surface area (Å²) in [6.45, 7) is 3.92. The Balaban J connectivity index is 1.75. The highest BCUT2D eigenvalue weighted by molar-refractivity contribution is 5.67. The summed E-state index contributed by atoms with van der Waals surface area (Å²) in [7, 11) is 0. The number of amides is 1. The monoisotopic (exact) mass is 264 g/mol. The van der Waals surface area contributed by atoms with Crippen LogP contribution < -0.4 is 0 Å². The van der Waals surface area contributed by atoms with Gasteiger partial charge in [-0.3, -0.25) is 4.90 Å². The van der Waals surface area contributed by atoms with Crippen LogP contribution in [-0.4, -0.2) is 60.4 Å². The summed E-state index contributed by atoms with van der Waals surface area (Å²) in [5.74, 6) is 0. The van der Waals surface area contributed by atoms with Crippen LogP contribution in [-0.2, 0) is 11.3 Å². The number of piperazine rings is 1. The number of carbonyl (C=O) groups is 1. The number of nitrogens with zero attached hydrogens (tertiary/aromatic N) is 2. The van der Waals surface area contributed by atoms with Crippen molar-refractivity contribution < 1.29 is 14.6 Å². The Morgan fingerprint density at radius 1 is 1.16 bits per heavy atom. The highest BCUT2D eigenvalue weighted by Crippen LogP contribution is 2.09. The maximum Gasteiger partial charge on any atom is 0.409 e. The molecule has 0 spiro atoms. The topological polar surface area (TPSA) is 53.0 Å². The molecule has 1 aliphatic rings. The van der Waals surface area contributed by atoms with Crippen molar-refractivity contribution in [3.63, 3.8) is 0 Å². The molecule has 1 amide bonds. The van der Waals surface area contributed by atoms with Gasteiger partial charge in [0.15, 0.2) is 0 Å². The van der Waals surface area contributed by atoms with Gasteiger partial charge in [0.2, 0.25) is 0 Å². The predicted molar refractivity (Wildman–Crippen MR) is 71.7 cm³/mol. The smallest absolute Gasteiger partial charge is 0.409 e. The Hall–Kier alpha value is -1.59. The normalized spacial score (nSPS) is 16.4. The lowest BCUT2D eigenvalue weighted by molar-refractivity contribution is 0.0630. The fourth-order valence-electron chi connectivity index (χ4n) is 2.15. The second kappa shape index (κ2) is 7.11. The molecular formula is C14H20N2O3. The number of rotatable bonds is 4. The van der Waals surface area contributed by atoms with Crippen molar-refractivity contribution in [2.24, 2.45) is 0 Å². The van der Waals surface area contributed by atoms with Crippen LogP contribution in [0.1, 0.15) is 5.56 Å². The lowest BCUT2D eigenvalue weighted by Crippen LogP contribution is -2.48. The van der Waals surface area contributed by atoms with Crippen LogP contribution in [0.5, 0.6) is 0 Å². The quantitative estimate of drug-likeness (QED) is 0.879. The maximum atomic E-state index is 11.6. The van der Waals surface area contributed by atoms with Crippen molar-refractivity contribution in [2.75, 3.05) is 39.4 Å². The second-order valence-corrected chi connectivity index (χ2v) is 4.59. The molecule has 19 heavy (non-hydrogen) atoms. The van der Waals surface area contributed by atoms with Crippen molar-refractivity contribution >= 4 is 6.09 Å². The van der Waals surface area contributed by atoms with E-state index in [1.165, 1.54) is 5.56 Å². The largest absolute Gasteiger partial charge is 0.447 e. The van der Waals surface area contributed by atoms with Crippen LogP contribution in [0.15, 0.2) is 30.3 Å². The van der Waals surface area contributed by atoms with Crippen molar-refractivity contribution in [3.05, 3.63) is 35.9 Å². The van der Waals surface area contributed by atoms with Gasteiger partial charge in [0.25, 0.3) is 0 Å². The minimum atomic E-state index is -0.326.